The molecule has 2 aromatic rings. The molecule has 24 heavy (non-hydrogen) atoms. The largest absolute Gasteiger partial charge is 0.360 e. The number of carbonyl (C=O) groups excluding carboxylic acids is 1. The maximum Gasteiger partial charge on any atom is 0.226 e. The second-order valence-corrected chi connectivity index (χ2v) is 7.40. The number of nitrogens with zero attached hydrogens (tertiary/aromatic N) is 3. The van der Waals surface area contributed by atoms with Gasteiger partial charge in [0, 0.05) is 30.0 Å². The summed E-state index contributed by atoms with van der Waals surface area (Å²) >= 11 is 1.84. The molecule has 6 nitrogen and oxygen atoms in total. The van der Waals surface area contributed by atoms with E-state index in [1.54, 1.807) is 13.0 Å². The van der Waals surface area contributed by atoms with Crippen molar-refractivity contribution in [1.82, 2.24) is 15.0 Å². The third-order valence-corrected chi connectivity index (χ3v) is 5.73. The van der Waals surface area contributed by atoms with Gasteiger partial charge in [0.15, 0.2) is 5.82 Å². The molecule has 0 unspecified atom stereocenters. The van der Waals surface area contributed by atoms with Gasteiger partial charge in [0.25, 0.3) is 0 Å². The average molecular weight is 348 g/mol. The van der Waals surface area contributed by atoms with E-state index in [9.17, 15) is 4.79 Å². The summed E-state index contributed by atoms with van der Waals surface area (Å²) in [5.41, 5.74) is 1.27. The fourth-order valence-electron chi connectivity index (χ4n) is 3.08. The molecule has 0 radical (unpaired) electrons. The molecule has 2 aromatic heterocycles. The highest BCUT2D eigenvalue weighted by atomic mass is 32.1. The Morgan fingerprint density at radius 2 is 2.38 bits per heavy atom. The van der Waals surface area contributed by atoms with E-state index >= 15 is 0 Å². The molecule has 1 atom stereocenters. The first-order chi connectivity index (χ1) is 11.6. The Morgan fingerprint density at radius 3 is 3.08 bits per heavy atom. The zero-order valence-electron chi connectivity index (χ0n) is 14.5. The van der Waals surface area contributed by atoms with Crippen molar-refractivity contribution in [2.24, 2.45) is 0 Å². The van der Waals surface area contributed by atoms with Gasteiger partial charge in [0.2, 0.25) is 5.91 Å². The Balaban J connectivity index is 1.56. The van der Waals surface area contributed by atoms with E-state index in [1.165, 1.54) is 22.0 Å². The molecule has 0 fully saturated rings. The highest BCUT2D eigenvalue weighted by Crippen LogP contribution is 2.37. The predicted octanol–water partition coefficient (Wildman–Crippen LogP) is 3.34. The van der Waals surface area contributed by atoms with Crippen molar-refractivity contribution in [3.05, 3.63) is 27.4 Å². The molecule has 0 aliphatic heterocycles. The maximum atomic E-state index is 12.1. The molecule has 0 saturated heterocycles. The zero-order valence-corrected chi connectivity index (χ0v) is 15.3. The Hall–Kier alpha value is -1.73. The molecular formula is C17H24N4O2S. The van der Waals surface area contributed by atoms with Crippen LogP contribution in [0.4, 0.5) is 5.82 Å². The lowest BCUT2D eigenvalue weighted by atomic mass is 9.97. The van der Waals surface area contributed by atoms with Crippen LogP contribution in [0.25, 0.3) is 0 Å². The van der Waals surface area contributed by atoms with Gasteiger partial charge in [0.1, 0.15) is 5.76 Å². The lowest BCUT2D eigenvalue weighted by molar-refractivity contribution is -0.116. The van der Waals surface area contributed by atoms with Crippen molar-refractivity contribution in [3.63, 3.8) is 0 Å². The first-order valence-corrected chi connectivity index (χ1v) is 9.30. The number of thiazole rings is 1. The van der Waals surface area contributed by atoms with Gasteiger partial charge < -0.3 is 9.84 Å². The summed E-state index contributed by atoms with van der Waals surface area (Å²) in [6.07, 6.45) is 4.82. The van der Waals surface area contributed by atoms with E-state index < -0.39 is 0 Å². The Morgan fingerprint density at radius 1 is 1.54 bits per heavy atom. The first kappa shape index (κ1) is 17.1. The number of hydrogen-bond donors (Lipinski definition) is 1. The quantitative estimate of drug-likeness (QED) is 0.867. The van der Waals surface area contributed by atoms with Crippen LogP contribution in [-0.4, -0.2) is 34.5 Å². The molecule has 2 heterocycles. The maximum absolute atomic E-state index is 12.1. The predicted molar refractivity (Wildman–Crippen MR) is 94.3 cm³/mol. The van der Waals surface area contributed by atoms with E-state index in [1.807, 2.05) is 11.3 Å². The number of amides is 1. The summed E-state index contributed by atoms with van der Waals surface area (Å²) in [7, 11) is 2.10. The second-order valence-electron chi connectivity index (χ2n) is 6.28. The molecule has 1 N–H and O–H groups in total. The molecule has 130 valence electrons. The van der Waals surface area contributed by atoms with Crippen molar-refractivity contribution in [1.29, 1.82) is 0 Å². The molecule has 0 aromatic carbocycles. The molecule has 1 amide bonds. The van der Waals surface area contributed by atoms with Crippen LogP contribution in [0, 0.1) is 6.92 Å². The van der Waals surface area contributed by atoms with Gasteiger partial charge in [0.05, 0.1) is 10.7 Å². The van der Waals surface area contributed by atoms with E-state index in [4.69, 9.17) is 9.51 Å². The lowest BCUT2D eigenvalue weighted by Gasteiger charge is -2.30. The summed E-state index contributed by atoms with van der Waals surface area (Å²) in [6.45, 7) is 4.67. The summed E-state index contributed by atoms with van der Waals surface area (Å²) in [5, 5.41) is 7.78. The van der Waals surface area contributed by atoms with Gasteiger partial charge in [-0.1, -0.05) is 12.1 Å². The summed E-state index contributed by atoms with van der Waals surface area (Å²) < 4.78 is 4.96. The Kier molecular flexibility index (Phi) is 5.30. The summed E-state index contributed by atoms with van der Waals surface area (Å²) in [4.78, 5) is 20.5. The van der Waals surface area contributed by atoms with Crippen LogP contribution >= 0.6 is 11.3 Å². The smallest absolute Gasteiger partial charge is 0.226 e. The molecule has 0 saturated carbocycles. The van der Waals surface area contributed by atoms with Crippen LogP contribution in [0.15, 0.2) is 10.6 Å². The van der Waals surface area contributed by atoms with Gasteiger partial charge >= 0.3 is 0 Å². The Labute approximate surface area is 146 Å². The minimum absolute atomic E-state index is 0.0373. The van der Waals surface area contributed by atoms with Crippen molar-refractivity contribution >= 4 is 23.1 Å². The van der Waals surface area contributed by atoms with Crippen LogP contribution in [0.3, 0.4) is 0 Å². The van der Waals surface area contributed by atoms with Crippen molar-refractivity contribution in [2.45, 2.75) is 52.0 Å². The van der Waals surface area contributed by atoms with Gasteiger partial charge in [-0.25, -0.2) is 4.98 Å². The fourth-order valence-corrected chi connectivity index (χ4v) is 4.34. The summed E-state index contributed by atoms with van der Waals surface area (Å²) in [5.74, 6) is 1.13. The number of nitrogens with one attached hydrogen (secondary N) is 1. The third kappa shape index (κ3) is 3.84. The third-order valence-electron chi connectivity index (χ3n) is 4.39. The van der Waals surface area contributed by atoms with E-state index in [0.717, 1.165) is 19.3 Å². The monoisotopic (exact) mass is 348 g/mol. The Bertz CT molecular complexity index is 709. The minimum atomic E-state index is -0.0373. The van der Waals surface area contributed by atoms with E-state index in [0.29, 0.717) is 30.6 Å². The molecule has 1 aliphatic carbocycles. The van der Waals surface area contributed by atoms with Gasteiger partial charge in [-0.05, 0) is 39.7 Å². The van der Waals surface area contributed by atoms with Crippen LogP contribution < -0.4 is 5.32 Å². The molecular weight excluding hydrogens is 324 g/mol. The fraction of sp³-hybridized carbons (Fsp3) is 0.588. The molecule has 0 bridgehead atoms. The van der Waals surface area contributed by atoms with Gasteiger partial charge in [-0.15, -0.1) is 11.3 Å². The molecule has 7 heteroatoms. The van der Waals surface area contributed by atoms with Crippen LogP contribution in [0.5, 0.6) is 0 Å². The number of aryl methyl sites for hydroxylation is 3. The number of aromatic nitrogens is 2. The number of anilines is 1. The van der Waals surface area contributed by atoms with Gasteiger partial charge in [-0.3, -0.25) is 9.69 Å². The molecule has 3 rings (SSSR count). The van der Waals surface area contributed by atoms with Crippen molar-refractivity contribution in [2.75, 3.05) is 18.9 Å². The topological polar surface area (TPSA) is 71.3 Å². The van der Waals surface area contributed by atoms with Crippen LogP contribution in [-0.2, 0) is 17.6 Å². The number of hydrogen-bond acceptors (Lipinski definition) is 6. The average Bonchev–Trinajstić information content (AvgIpc) is 3.17. The lowest BCUT2D eigenvalue weighted by Crippen LogP contribution is -2.30. The standard InChI is InChI=1S/C17H24N4O2S/c1-4-16-18-12-6-5-7-13(17(12)24-16)21(3)9-8-15(22)19-14-10-11(2)23-20-14/h10,13H,4-9H2,1-3H3,(H,19,20,22)/t13-/m1/s1. The van der Waals surface area contributed by atoms with Crippen molar-refractivity contribution < 1.29 is 9.32 Å². The van der Waals surface area contributed by atoms with Gasteiger partial charge in [-0.2, -0.15) is 0 Å². The van der Waals surface area contributed by atoms with Crippen molar-refractivity contribution in [3.8, 4) is 0 Å². The van der Waals surface area contributed by atoms with Crippen LogP contribution in [0.2, 0.25) is 0 Å². The minimum Gasteiger partial charge on any atom is -0.360 e. The zero-order chi connectivity index (χ0) is 17.1. The first-order valence-electron chi connectivity index (χ1n) is 8.48. The van der Waals surface area contributed by atoms with E-state index in [2.05, 4.69) is 29.3 Å². The number of rotatable bonds is 6. The van der Waals surface area contributed by atoms with Crippen LogP contribution in [0.1, 0.15) is 53.6 Å². The molecule has 0 spiro atoms. The molecule has 1 aliphatic rings. The number of fused-ring (bicyclic) bond motifs is 1. The number of carbonyl (C=O) groups is 1. The summed E-state index contributed by atoms with van der Waals surface area (Å²) in [6, 6.07) is 2.10. The highest BCUT2D eigenvalue weighted by Gasteiger charge is 2.27. The highest BCUT2D eigenvalue weighted by molar-refractivity contribution is 7.11. The van der Waals surface area contributed by atoms with E-state index in [-0.39, 0.29) is 5.91 Å². The SMILES string of the molecule is CCc1nc2c(s1)[C@H](N(C)CCC(=O)Nc1cc(C)on1)CCC2. The second kappa shape index (κ2) is 7.44. The normalized spacial score (nSPS) is 17.1.